The van der Waals surface area contributed by atoms with Crippen molar-refractivity contribution in [2.24, 2.45) is 0 Å². The lowest BCUT2D eigenvalue weighted by Crippen LogP contribution is -2.20. The lowest BCUT2D eigenvalue weighted by atomic mass is 9.93. The average molecular weight is 690 g/mol. The summed E-state index contributed by atoms with van der Waals surface area (Å²) in [5.74, 6) is 0. The number of hydrogen-bond acceptors (Lipinski definition) is 1. The monoisotopic (exact) mass is 689 g/mol. The van der Waals surface area contributed by atoms with Gasteiger partial charge in [0.05, 0.1) is 22.1 Å². The third-order valence-electron chi connectivity index (χ3n) is 11.1. The summed E-state index contributed by atoms with van der Waals surface area (Å²) in [5.41, 5.74) is 15.6. The van der Waals surface area contributed by atoms with Crippen LogP contribution in [0, 0.1) is 0 Å². The van der Waals surface area contributed by atoms with E-state index in [4.69, 9.17) is 0 Å². The second kappa shape index (κ2) is 12.3. The van der Waals surface area contributed by atoms with Crippen molar-refractivity contribution in [3.8, 4) is 27.9 Å². The molecule has 3 heteroatoms. The Balaban J connectivity index is 1.12. The summed E-state index contributed by atoms with van der Waals surface area (Å²) >= 11 is 0. The van der Waals surface area contributed by atoms with Crippen molar-refractivity contribution in [1.82, 2.24) is 9.13 Å². The van der Waals surface area contributed by atoms with Crippen LogP contribution in [0.2, 0.25) is 0 Å². The van der Waals surface area contributed by atoms with Gasteiger partial charge in [-0.15, -0.1) is 0 Å². The van der Waals surface area contributed by atoms with Gasteiger partial charge in [-0.05, 0) is 94.1 Å². The molecule has 254 valence electrons. The Hall–Kier alpha value is -7.10. The Morgan fingerprint density at radius 1 is 0.370 bits per heavy atom. The summed E-state index contributed by atoms with van der Waals surface area (Å²) in [6.45, 7) is 0. The lowest BCUT2D eigenvalue weighted by molar-refractivity contribution is 0.722. The van der Waals surface area contributed by atoms with Gasteiger partial charge in [-0.25, -0.2) is 0 Å². The van der Waals surface area contributed by atoms with Crippen LogP contribution in [0.1, 0.15) is 17.3 Å². The number of hydrogen-bond donors (Lipinski definition) is 1. The molecule has 10 aromatic rings. The van der Waals surface area contributed by atoms with Crippen molar-refractivity contribution in [1.29, 1.82) is 0 Å². The molecule has 0 amide bonds. The van der Waals surface area contributed by atoms with Crippen LogP contribution in [-0.4, -0.2) is 9.13 Å². The van der Waals surface area contributed by atoms with E-state index in [0.29, 0.717) is 0 Å². The molecular formula is C51H35N3. The normalized spacial score (nSPS) is 14.0. The summed E-state index contributed by atoms with van der Waals surface area (Å²) in [6.07, 6.45) is 2.29. The molecule has 54 heavy (non-hydrogen) atoms. The number of anilines is 1. The maximum absolute atomic E-state index is 3.93. The van der Waals surface area contributed by atoms with E-state index in [1.165, 1.54) is 88.3 Å². The molecule has 0 saturated heterocycles. The fraction of sp³-hybridized carbons (Fsp3) is 0.0196. The van der Waals surface area contributed by atoms with E-state index in [9.17, 15) is 0 Å². The van der Waals surface area contributed by atoms with Crippen LogP contribution < -0.4 is 5.32 Å². The number of aromatic nitrogens is 2. The summed E-state index contributed by atoms with van der Waals surface area (Å²) in [5, 5.41) is 8.92. The molecule has 1 N–H and O–H groups in total. The van der Waals surface area contributed by atoms with E-state index < -0.39 is 0 Å². The largest absolute Gasteiger partial charge is 0.361 e. The highest BCUT2D eigenvalue weighted by Gasteiger charge is 2.25. The standard InChI is InChI=1S/C51H35N3/c1-4-14-34(15-5-1)38-24-27-42-45-31-37(36-25-28-48-44(30-36)41-21-11-13-23-47(41)53(48)39-18-8-3-9-19-39)26-29-49(45)54(50(42)32-38)51-33-43(35-16-6-2-7-17-35)40-20-10-12-22-46(40)52-51/h1-33,51-52H. The lowest BCUT2D eigenvalue weighted by Gasteiger charge is -2.29. The van der Waals surface area contributed by atoms with Crippen molar-refractivity contribution in [3.63, 3.8) is 0 Å². The van der Waals surface area contributed by atoms with Crippen molar-refractivity contribution >= 4 is 54.9 Å². The molecule has 2 aromatic heterocycles. The zero-order valence-electron chi connectivity index (χ0n) is 29.5. The fourth-order valence-corrected chi connectivity index (χ4v) is 8.65. The summed E-state index contributed by atoms with van der Waals surface area (Å²) in [7, 11) is 0. The van der Waals surface area contributed by atoms with Crippen LogP contribution in [0.4, 0.5) is 5.69 Å². The molecular weight excluding hydrogens is 655 g/mol. The van der Waals surface area contributed by atoms with Gasteiger partial charge in [0.25, 0.3) is 0 Å². The first-order chi connectivity index (χ1) is 26.8. The topological polar surface area (TPSA) is 21.9 Å². The number of nitrogens with one attached hydrogen (secondary N) is 1. The molecule has 1 aliphatic rings. The summed E-state index contributed by atoms with van der Waals surface area (Å²) in [6, 6.07) is 70.5. The van der Waals surface area contributed by atoms with Crippen LogP contribution in [-0.2, 0) is 0 Å². The van der Waals surface area contributed by atoms with Gasteiger partial charge >= 0.3 is 0 Å². The molecule has 1 unspecified atom stereocenters. The van der Waals surface area contributed by atoms with E-state index in [0.717, 1.165) is 5.69 Å². The zero-order chi connectivity index (χ0) is 35.6. The zero-order valence-corrected chi connectivity index (χ0v) is 29.5. The number of fused-ring (bicyclic) bond motifs is 7. The van der Waals surface area contributed by atoms with Crippen molar-refractivity contribution in [2.75, 3.05) is 5.32 Å². The predicted octanol–water partition coefficient (Wildman–Crippen LogP) is 13.3. The number of nitrogens with zero attached hydrogens (tertiary/aromatic N) is 2. The first-order valence-corrected chi connectivity index (χ1v) is 18.6. The summed E-state index contributed by atoms with van der Waals surface area (Å²) in [4.78, 5) is 0. The molecule has 11 rings (SSSR count). The fourth-order valence-electron chi connectivity index (χ4n) is 8.65. The second-order valence-electron chi connectivity index (χ2n) is 14.2. The molecule has 0 radical (unpaired) electrons. The van der Waals surface area contributed by atoms with Gasteiger partial charge in [0, 0.05) is 38.5 Å². The van der Waals surface area contributed by atoms with E-state index in [-0.39, 0.29) is 6.17 Å². The van der Waals surface area contributed by atoms with Crippen LogP contribution in [0.15, 0.2) is 200 Å². The summed E-state index contributed by atoms with van der Waals surface area (Å²) < 4.78 is 4.87. The maximum atomic E-state index is 3.93. The first kappa shape index (κ1) is 30.5. The van der Waals surface area contributed by atoms with Gasteiger partial charge in [0.1, 0.15) is 6.17 Å². The molecule has 1 atom stereocenters. The molecule has 0 fully saturated rings. The van der Waals surface area contributed by atoms with Gasteiger partial charge in [-0.3, -0.25) is 0 Å². The Morgan fingerprint density at radius 3 is 1.70 bits per heavy atom. The Labute approximate surface area is 313 Å². The number of para-hydroxylation sites is 3. The van der Waals surface area contributed by atoms with Crippen molar-refractivity contribution in [2.45, 2.75) is 6.17 Å². The van der Waals surface area contributed by atoms with Crippen LogP contribution in [0.3, 0.4) is 0 Å². The Morgan fingerprint density at radius 2 is 0.926 bits per heavy atom. The highest BCUT2D eigenvalue weighted by molar-refractivity contribution is 6.13. The number of benzene rings is 8. The van der Waals surface area contributed by atoms with Crippen LogP contribution in [0.25, 0.3) is 77.1 Å². The van der Waals surface area contributed by atoms with Crippen LogP contribution in [0.5, 0.6) is 0 Å². The van der Waals surface area contributed by atoms with E-state index in [2.05, 4.69) is 215 Å². The van der Waals surface area contributed by atoms with Gasteiger partial charge in [0.15, 0.2) is 0 Å². The predicted molar refractivity (Wildman–Crippen MR) is 227 cm³/mol. The Bertz CT molecular complexity index is 3060. The van der Waals surface area contributed by atoms with Crippen LogP contribution >= 0.6 is 0 Å². The Kier molecular flexibility index (Phi) is 6.93. The minimum absolute atomic E-state index is 0.104. The van der Waals surface area contributed by atoms with E-state index >= 15 is 0 Å². The third-order valence-corrected chi connectivity index (χ3v) is 11.1. The third kappa shape index (κ3) is 4.83. The average Bonchev–Trinajstić information content (AvgIpc) is 3.76. The van der Waals surface area contributed by atoms with Gasteiger partial charge in [0.2, 0.25) is 0 Å². The van der Waals surface area contributed by atoms with Crippen molar-refractivity contribution in [3.05, 3.63) is 211 Å². The quantitative estimate of drug-likeness (QED) is 0.191. The van der Waals surface area contributed by atoms with E-state index in [1.807, 2.05) is 0 Å². The smallest absolute Gasteiger partial charge is 0.124 e. The molecule has 3 heterocycles. The first-order valence-electron chi connectivity index (χ1n) is 18.6. The molecule has 3 nitrogen and oxygen atoms in total. The van der Waals surface area contributed by atoms with E-state index in [1.54, 1.807) is 0 Å². The minimum Gasteiger partial charge on any atom is -0.361 e. The second-order valence-corrected chi connectivity index (χ2v) is 14.2. The van der Waals surface area contributed by atoms with Crippen molar-refractivity contribution < 1.29 is 0 Å². The SMILES string of the molecule is C1=C(c2ccccc2)c2ccccc2NC1n1c2ccc(-c3ccc4c(c3)c3ccccc3n4-c3ccccc3)cc2c2ccc(-c3ccccc3)cc21. The van der Waals surface area contributed by atoms with Gasteiger partial charge in [-0.1, -0.05) is 140 Å². The molecule has 0 bridgehead atoms. The molecule has 1 aliphatic heterocycles. The number of rotatable bonds is 5. The minimum atomic E-state index is -0.104. The van der Waals surface area contributed by atoms with Gasteiger partial charge < -0.3 is 14.5 Å². The highest BCUT2D eigenvalue weighted by Crippen LogP contribution is 2.43. The highest BCUT2D eigenvalue weighted by atomic mass is 15.2. The molecule has 8 aromatic carbocycles. The van der Waals surface area contributed by atoms with Gasteiger partial charge in [-0.2, -0.15) is 0 Å². The molecule has 0 saturated carbocycles. The maximum Gasteiger partial charge on any atom is 0.124 e. The molecule has 0 spiro atoms. The molecule has 0 aliphatic carbocycles.